The highest BCUT2D eigenvalue weighted by Gasteiger charge is 2.18. The lowest BCUT2D eigenvalue weighted by atomic mass is 10.1. The molecule has 3 N–H and O–H groups in total. The second-order valence-electron chi connectivity index (χ2n) is 6.09. The number of esters is 1. The molecule has 0 saturated heterocycles. The maximum absolute atomic E-state index is 12.2. The number of H-pyrrole nitrogens is 1. The molecule has 0 fully saturated rings. The number of rotatable bonds is 6. The van der Waals surface area contributed by atoms with E-state index >= 15 is 0 Å². The van der Waals surface area contributed by atoms with Gasteiger partial charge >= 0.3 is 17.8 Å². The fourth-order valence-electron chi connectivity index (χ4n) is 2.89. The minimum atomic E-state index is -0.837. The molecule has 0 aliphatic carbocycles. The summed E-state index contributed by atoms with van der Waals surface area (Å²) < 4.78 is 4.96. The van der Waals surface area contributed by atoms with E-state index in [-0.39, 0.29) is 17.9 Å². The number of amides is 2. The average Bonchev–Trinajstić information content (AvgIpc) is 3.11. The van der Waals surface area contributed by atoms with Crippen LogP contribution in [0.15, 0.2) is 54.7 Å². The summed E-state index contributed by atoms with van der Waals surface area (Å²) in [6.45, 7) is 2.23. The zero-order chi connectivity index (χ0) is 19.9. The molecule has 1 heterocycles. The molecule has 0 spiro atoms. The minimum absolute atomic E-state index is 0.198. The number of hydrogen-bond donors (Lipinski definition) is 3. The van der Waals surface area contributed by atoms with E-state index < -0.39 is 17.8 Å². The molecule has 3 aromatic rings. The first kappa shape index (κ1) is 19.2. The Morgan fingerprint density at radius 2 is 1.75 bits per heavy atom. The van der Waals surface area contributed by atoms with Crippen LogP contribution >= 0.6 is 0 Å². The molecule has 0 bridgehead atoms. The van der Waals surface area contributed by atoms with Crippen molar-refractivity contribution in [1.82, 2.24) is 10.3 Å². The number of aromatic nitrogens is 1. The lowest BCUT2D eigenvalue weighted by Gasteiger charge is -2.10. The van der Waals surface area contributed by atoms with Crippen LogP contribution in [0.4, 0.5) is 5.69 Å². The molecule has 0 atom stereocenters. The number of nitrogens with one attached hydrogen (secondary N) is 3. The number of ether oxygens (including phenoxy) is 1. The maximum Gasteiger partial charge on any atom is 0.340 e. The Labute approximate surface area is 162 Å². The number of fused-ring (bicyclic) bond motifs is 1. The van der Waals surface area contributed by atoms with E-state index in [9.17, 15) is 14.4 Å². The Morgan fingerprint density at radius 1 is 1.00 bits per heavy atom. The van der Waals surface area contributed by atoms with E-state index in [1.165, 1.54) is 6.07 Å². The molecule has 2 amide bonds. The summed E-state index contributed by atoms with van der Waals surface area (Å²) >= 11 is 0. The van der Waals surface area contributed by atoms with E-state index in [1.54, 1.807) is 25.1 Å². The second kappa shape index (κ2) is 8.85. The van der Waals surface area contributed by atoms with Gasteiger partial charge in [-0.25, -0.2) is 4.79 Å². The van der Waals surface area contributed by atoms with Gasteiger partial charge in [-0.3, -0.25) is 9.59 Å². The van der Waals surface area contributed by atoms with Gasteiger partial charge in [0.05, 0.1) is 17.9 Å². The first-order chi connectivity index (χ1) is 13.6. The largest absolute Gasteiger partial charge is 0.462 e. The molecule has 0 unspecified atom stereocenters. The van der Waals surface area contributed by atoms with E-state index in [2.05, 4.69) is 15.6 Å². The Balaban J connectivity index is 1.57. The average molecular weight is 379 g/mol. The molecule has 3 rings (SSSR count). The third-order valence-electron chi connectivity index (χ3n) is 4.23. The van der Waals surface area contributed by atoms with Crippen LogP contribution in [0.25, 0.3) is 10.9 Å². The quantitative estimate of drug-likeness (QED) is 0.453. The van der Waals surface area contributed by atoms with Gasteiger partial charge in [-0.2, -0.15) is 0 Å². The summed E-state index contributed by atoms with van der Waals surface area (Å²) in [6, 6.07) is 14.3. The van der Waals surface area contributed by atoms with Crippen LogP contribution in [0.1, 0.15) is 22.8 Å². The number of aromatic amines is 1. The number of para-hydroxylation sites is 2. The highest BCUT2D eigenvalue weighted by atomic mass is 16.5. The van der Waals surface area contributed by atoms with Crippen LogP contribution in [0.2, 0.25) is 0 Å². The number of benzene rings is 2. The topological polar surface area (TPSA) is 100 Å². The SMILES string of the molecule is CCOC(=O)c1ccccc1NC(=O)C(=O)NCCc1c[nH]c2ccccc12. The van der Waals surface area contributed by atoms with Crippen molar-refractivity contribution < 1.29 is 19.1 Å². The first-order valence-electron chi connectivity index (χ1n) is 9.00. The van der Waals surface area contributed by atoms with Crippen LogP contribution < -0.4 is 10.6 Å². The summed E-state index contributed by atoms with van der Waals surface area (Å²) in [5, 5.41) is 6.15. The monoisotopic (exact) mass is 379 g/mol. The van der Waals surface area contributed by atoms with Gasteiger partial charge in [-0.1, -0.05) is 30.3 Å². The van der Waals surface area contributed by atoms with Crippen LogP contribution in [-0.4, -0.2) is 35.9 Å². The smallest absolute Gasteiger partial charge is 0.340 e. The predicted octanol–water partition coefficient (Wildman–Crippen LogP) is 2.64. The van der Waals surface area contributed by atoms with E-state index in [0.29, 0.717) is 13.0 Å². The summed E-state index contributed by atoms with van der Waals surface area (Å²) in [5.74, 6) is -2.16. The molecule has 1 aromatic heterocycles. The lowest BCUT2D eigenvalue weighted by molar-refractivity contribution is -0.136. The van der Waals surface area contributed by atoms with Gasteiger partial charge < -0.3 is 20.4 Å². The van der Waals surface area contributed by atoms with Crippen molar-refractivity contribution in [1.29, 1.82) is 0 Å². The van der Waals surface area contributed by atoms with Crippen molar-refractivity contribution in [2.45, 2.75) is 13.3 Å². The first-order valence-corrected chi connectivity index (χ1v) is 9.00. The molecule has 0 radical (unpaired) electrons. The van der Waals surface area contributed by atoms with E-state index in [0.717, 1.165) is 16.5 Å². The van der Waals surface area contributed by atoms with Gasteiger partial charge in [0.25, 0.3) is 0 Å². The third kappa shape index (κ3) is 4.37. The van der Waals surface area contributed by atoms with Crippen LogP contribution in [0.3, 0.4) is 0 Å². The Bertz CT molecular complexity index is 1010. The van der Waals surface area contributed by atoms with Crippen molar-refractivity contribution in [2.24, 2.45) is 0 Å². The van der Waals surface area contributed by atoms with Gasteiger partial charge in [-0.15, -0.1) is 0 Å². The molecule has 7 heteroatoms. The third-order valence-corrected chi connectivity index (χ3v) is 4.23. The maximum atomic E-state index is 12.2. The molecule has 0 aliphatic rings. The highest BCUT2D eigenvalue weighted by Crippen LogP contribution is 2.18. The summed E-state index contributed by atoms with van der Waals surface area (Å²) in [7, 11) is 0. The Morgan fingerprint density at radius 3 is 2.57 bits per heavy atom. The number of anilines is 1. The Hall–Kier alpha value is -3.61. The van der Waals surface area contributed by atoms with Gasteiger partial charge in [0, 0.05) is 23.6 Å². The predicted molar refractivity (Wildman–Crippen MR) is 106 cm³/mol. The molecule has 7 nitrogen and oxygen atoms in total. The second-order valence-corrected chi connectivity index (χ2v) is 6.09. The van der Waals surface area contributed by atoms with Crippen molar-refractivity contribution in [3.8, 4) is 0 Å². The standard InChI is InChI=1S/C21H21N3O4/c1-2-28-21(27)16-8-4-6-10-18(16)24-20(26)19(25)22-12-11-14-13-23-17-9-5-3-7-15(14)17/h3-10,13,23H,2,11-12H2,1H3,(H,22,25)(H,24,26). The van der Waals surface area contributed by atoms with Crippen LogP contribution in [-0.2, 0) is 20.7 Å². The summed E-state index contributed by atoms with van der Waals surface area (Å²) in [5.41, 5.74) is 2.52. The minimum Gasteiger partial charge on any atom is -0.462 e. The van der Waals surface area contributed by atoms with Crippen LogP contribution in [0, 0.1) is 0 Å². The lowest BCUT2D eigenvalue weighted by Crippen LogP contribution is -2.36. The fourth-order valence-corrected chi connectivity index (χ4v) is 2.89. The zero-order valence-corrected chi connectivity index (χ0v) is 15.5. The molecular formula is C21H21N3O4. The van der Waals surface area contributed by atoms with Gasteiger partial charge in [0.2, 0.25) is 0 Å². The molecular weight excluding hydrogens is 358 g/mol. The van der Waals surface area contributed by atoms with Crippen molar-refractivity contribution >= 4 is 34.4 Å². The van der Waals surface area contributed by atoms with Gasteiger partial charge in [-0.05, 0) is 37.1 Å². The Kier molecular flexibility index (Phi) is 6.06. The molecule has 0 saturated carbocycles. The number of carbonyl (C=O) groups is 3. The zero-order valence-electron chi connectivity index (χ0n) is 15.5. The van der Waals surface area contributed by atoms with E-state index in [4.69, 9.17) is 4.74 Å². The molecule has 144 valence electrons. The van der Waals surface area contributed by atoms with Gasteiger partial charge in [0.1, 0.15) is 0 Å². The molecule has 2 aromatic carbocycles. The van der Waals surface area contributed by atoms with Crippen molar-refractivity contribution in [3.05, 3.63) is 65.9 Å². The number of hydrogen-bond acceptors (Lipinski definition) is 4. The normalized spacial score (nSPS) is 10.5. The van der Waals surface area contributed by atoms with E-state index in [1.807, 2.05) is 30.5 Å². The van der Waals surface area contributed by atoms with Crippen molar-refractivity contribution in [3.63, 3.8) is 0 Å². The summed E-state index contributed by atoms with van der Waals surface area (Å²) in [4.78, 5) is 39.4. The van der Waals surface area contributed by atoms with Crippen LogP contribution in [0.5, 0.6) is 0 Å². The fraction of sp³-hybridized carbons (Fsp3) is 0.190. The number of carbonyl (C=O) groups excluding carboxylic acids is 3. The molecule has 28 heavy (non-hydrogen) atoms. The van der Waals surface area contributed by atoms with Gasteiger partial charge in [0.15, 0.2) is 0 Å². The summed E-state index contributed by atoms with van der Waals surface area (Å²) in [6.07, 6.45) is 2.48. The molecule has 0 aliphatic heterocycles. The highest BCUT2D eigenvalue weighted by molar-refractivity contribution is 6.40. The van der Waals surface area contributed by atoms with Crippen molar-refractivity contribution in [2.75, 3.05) is 18.5 Å².